The van der Waals surface area contributed by atoms with Gasteiger partial charge < -0.3 is 9.47 Å². The summed E-state index contributed by atoms with van der Waals surface area (Å²) in [6.07, 6.45) is -0.861. The maximum Gasteiger partial charge on any atom is 0.363 e. The van der Waals surface area contributed by atoms with Gasteiger partial charge in [0.25, 0.3) is 0 Å². The first-order valence-corrected chi connectivity index (χ1v) is 10.1. The van der Waals surface area contributed by atoms with E-state index in [1.54, 1.807) is 0 Å². The molecule has 3 fully saturated rings. The third-order valence-corrected chi connectivity index (χ3v) is 7.04. The van der Waals surface area contributed by atoms with Crippen molar-refractivity contribution in [2.45, 2.75) is 82.8 Å². The number of halogens is 4. The minimum absolute atomic E-state index is 0.0246. The molecule has 0 radical (unpaired) electrons. The van der Waals surface area contributed by atoms with Gasteiger partial charge in [-0.25, -0.2) is 8.78 Å². The summed E-state index contributed by atoms with van der Waals surface area (Å²) < 4.78 is 66.1. The molecule has 0 aromatic carbocycles. The highest BCUT2D eigenvalue weighted by Gasteiger charge is 2.54. The van der Waals surface area contributed by atoms with E-state index < -0.39 is 24.4 Å². The van der Waals surface area contributed by atoms with E-state index in [1.165, 1.54) is 6.42 Å². The maximum atomic E-state index is 14.4. The molecule has 0 spiro atoms. The van der Waals surface area contributed by atoms with Crippen LogP contribution in [0.5, 0.6) is 0 Å². The SMILES string of the molecule is COC(F)(F)C1C(F)CC(C2CCC(C3CCC(C)CO3)CC2)CC1F. The Hall–Kier alpha value is -0.360. The number of alkyl halides is 4. The van der Waals surface area contributed by atoms with Crippen LogP contribution in [0.4, 0.5) is 17.6 Å². The molecular formula is C20H32F4O2. The van der Waals surface area contributed by atoms with Gasteiger partial charge in [0.2, 0.25) is 0 Å². The van der Waals surface area contributed by atoms with E-state index in [0.717, 1.165) is 45.8 Å². The molecule has 6 heteroatoms. The van der Waals surface area contributed by atoms with Gasteiger partial charge in [0, 0.05) is 13.7 Å². The standard InChI is InChI=1S/C20H32F4O2/c1-12-3-8-18(26-11-12)14-6-4-13(5-7-14)15-9-16(21)19(17(22)10-15)20(23,24)25-2/h12-19H,3-11H2,1-2H3. The molecule has 152 valence electrons. The maximum absolute atomic E-state index is 14.4. The summed E-state index contributed by atoms with van der Waals surface area (Å²) >= 11 is 0. The van der Waals surface area contributed by atoms with Crippen LogP contribution in [0.25, 0.3) is 0 Å². The minimum Gasteiger partial charge on any atom is -0.378 e. The lowest BCUT2D eigenvalue weighted by Gasteiger charge is -2.43. The number of rotatable bonds is 4. The lowest BCUT2D eigenvalue weighted by molar-refractivity contribution is -0.286. The van der Waals surface area contributed by atoms with Crippen molar-refractivity contribution in [3.63, 3.8) is 0 Å². The Morgan fingerprint density at radius 2 is 1.42 bits per heavy atom. The van der Waals surface area contributed by atoms with E-state index in [1.807, 2.05) is 0 Å². The molecule has 3 aliphatic rings. The largest absolute Gasteiger partial charge is 0.378 e. The first kappa shape index (κ1) is 20.4. The number of hydrogen-bond donors (Lipinski definition) is 0. The van der Waals surface area contributed by atoms with E-state index in [9.17, 15) is 17.6 Å². The fourth-order valence-electron chi connectivity index (χ4n) is 5.40. The second-order valence-corrected chi connectivity index (χ2v) is 8.78. The van der Waals surface area contributed by atoms with Gasteiger partial charge in [-0.05, 0) is 75.0 Å². The molecule has 3 rings (SSSR count). The van der Waals surface area contributed by atoms with Crippen LogP contribution < -0.4 is 0 Å². The second kappa shape index (κ2) is 8.34. The summed E-state index contributed by atoms with van der Waals surface area (Å²) in [5.41, 5.74) is 0. The zero-order chi connectivity index (χ0) is 18.9. The third-order valence-electron chi connectivity index (χ3n) is 7.04. The van der Waals surface area contributed by atoms with Crippen LogP contribution >= 0.6 is 0 Å². The average Bonchev–Trinajstić information content (AvgIpc) is 2.61. The minimum atomic E-state index is -3.74. The van der Waals surface area contributed by atoms with Crippen LogP contribution in [0.15, 0.2) is 0 Å². The van der Waals surface area contributed by atoms with Crippen LogP contribution in [0.3, 0.4) is 0 Å². The molecule has 2 aliphatic carbocycles. The van der Waals surface area contributed by atoms with Crippen molar-refractivity contribution in [2.75, 3.05) is 13.7 Å². The second-order valence-electron chi connectivity index (χ2n) is 8.78. The molecule has 0 aromatic rings. The van der Waals surface area contributed by atoms with Crippen LogP contribution in [0.2, 0.25) is 0 Å². The molecule has 0 N–H and O–H groups in total. The molecule has 0 bridgehead atoms. The predicted octanol–water partition coefficient (Wildman–Crippen LogP) is 5.55. The highest BCUT2D eigenvalue weighted by atomic mass is 19.3. The van der Waals surface area contributed by atoms with Crippen molar-refractivity contribution < 1.29 is 27.0 Å². The fourth-order valence-corrected chi connectivity index (χ4v) is 5.40. The Kier molecular flexibility index (Phi) is 6.53. The Bertz CT molecular complexity index is 433. The van der Waals surface area contributed by atoms with Crippen LogP contribution in [0, 0.1) is 29.6 Å². The molecule has 26 heavy (non-hydrogen) atoms. The van der Waals surface area contributed by atoms with Crippen molar-refractivity contribution >= 4 is 0 Å². The average molecular weight is 380 g/mol. The molecule has 0 aromatic heterocycles. The molecule has 4 unspecified atom stereocenters. The monoisotopic (exact) mass is 380 g/mol. The molecule has 1 heterocycles. The molecule has 2 nitrogen and oxygen atoms in total. The fraction of sp³-hybridized carbons (Fsp3) is 1.00. The first-order chi connectivity index (χ1) is 12.3. The third kappa shape index (κ3) is 4.37. The summed E-state index contributed by atoms with van der Waals surface area (Å²) in [6.45, 7) is 3.03. The summed E-state index contributed by atoms with van der Waals surface area (Å²) in [5, 5.41) is 0. The van der Waals surface area contributed by atoms with Gasteiger partial charge in [0.15, 0.2) is 0 Å². The van der Waals surface area contributed by atoms with Crippen molar-refractivity contribution in [1.29, 1.82) is 0 Å². The van der Waals surface area contributed by atoms with Crippen LogP contribution in [-0.2, 0) is 9.47 Å². The summed E-state index contributed by atoms with van der Waals surface area (Å²) in [6, 6.07) is 0. The Morgan fingerprint density at radius 1 is 0.846 bits per heavy atom. The van der Waals surface area contributed by atoms with Gasteiger partial charge in [-0.3, -0.25) is 0 Å². The van der Waals surface area contributed by atoms with E-state index in [-0.39, 0.29) is 24.7 Å². The Morgan fingerprint density at radius 3 is 1.92 bits per heavy atom. The van der Waals surface area contributed by atoms with E-state index in [4.69, 9.17) is 4.74 Å². The molecule has 1 saturated heterocycles. The summed E-state index contributed by atoms with van der Waals surface area (Å²) in [7, 11) is 0.806. The molecule has 0 amide bonds. The van der Waals surface area contributed by atoms with Crippen molar-refractivity contribution in [3.8, 4) is 0 Å². The number of hydrogen-bond acceptors (Lipinski definition) is 2. The van der Waals surface area contributed by atoms with Gasteiger partial charge in [-0.2, -0.15) is 8.78 Å². The summed E-state index contributed by atoms with van der Waals surface area (Å²) in [5.74, 6) is -0.710. The van der Waals surface area contributed by atoms with Crippen molar-refractivity contribution in [2.24, 2.45) is 29.6 Å². The van der Waals surface area contributed by atoms with Gasteiger partial charge >= 0.3 is 6.11 Å². The lowest BCUT2D eigenvalue weighted by Crippen LogP contribution is -2.48. The molecular weight excluding hydrogens is 348 g/mol. The van der Waals surface area contributed by atoms with E-state index in [0.29, 0.717) is 17.9 Å². The van der Waals surface area contributed by atoms with Gasteiger partial charge in [-0.15, -0.1) is 0 Å². The van der Waals surface area contributed by atoms with Crippen molar-refractivity contribution in [1.82, 2.24) is 0 Å². The molecule has 4 atom stereocenters. The normalized spacial score (nSPS) is 45.5. The van der Waals surface area contributed by atoms with Gasteiger partial charge in [0.05, 0.1) is 6.10 Å². The Labute approximate surface area is 154 Å². The summed E-state index contributed by atoms with van der Waals surface area (Å²) in [4.78, 5) is 0. The number of ether oxygens (including phenoxy) is 2. The smallest absolute Gasteiger partial charge is 0.363 e. The number of methoxy groups -OCH3 is 1. The lowest BCUT2D eigenvalue weighted by atomic mass is 9.67. The topological polar surface area (TPSA) is 18.5 Å². The van der Waals surface area contributed by atoms with Crippen LogP contribution in [-0.4, -0.2) is 38.3 Å². The van der Waals surface area contributed by atoms with E-state index in [2.05, 4.69) is 11.7 Å². The highest BCUT2D eigenvalue weighted by Crippen LogP contribution is 2.48. The molecule has 2 saturated carbocycles. The van der Waals surface area contributed by atoms with Gasteiger partial charge in [-0.1, -0.05) is 6.92 Å². The highest BCUT2D eigenvalue weighted by molar-refractivity contribution is 4.94. The van der Waals surface area contributed by atoms with E-state index >= 15 is 0 Å². The molecule has 1 aliphatic heterocycles. The Balaban J connectivity index is 1.51. The predicted molar refractivity (Wildman–Crippen MR) is 91.5 cm³/mol. The zero-order valence-corrected chi connectivity index (χ0v) is 15.8. The van der Waals surface area contributed by atoms with Crippen LogP contribution in [0.1, 0.15) is 58.3 Å². The van der Waals surface area contributed by atoms with Crippen molar-refractivity contribution in [3.05, 3.63) is 0 Å². The zero-order valence-electron chi connectivity index (χ0n) is 15.8. The quantitative estimate of drug-likeness (QED) is 0.596. The van der Waals surface area contributed by atoms with Gasteiger partial charge in [0.1, 0.15) is 18.3 Å². The first-order valence-electron chi connectivity index (χ1n) is 10.1.